The molecule has 0 aliphatic rings. The Morgan fingerprint density at radius 3 is 2.42 bits per heavy atom. The fourth-order valence-electron chi connectivity index (χ4n) is 0.842. The molecular formula is C8H7Br3Si. The second-order valence-electron chi connectivity index (χ2n) is 2.33. The summed E-state index contributed by atoms with van der Waals surface area (Å²) in [6.07, 6.45) is 1.84. The lowest BCUT2D eigenvalue weighted by atomic mass is 10.2. The van der Waals surface area contributed by atoms with Crippen molar-refractivity contribution >= 4 is 61.1 Å². The van der Waals surface area contributed by atoms with E-state index >= 15 is 0 Å². The van der Waals surface area contributed by atoms with Crippen molar-refractivity contribution in [2.24, 2.45) is 0 Å². The second-order valence-corrected chi connectivity index (χ2v) is 24.2. The maximum atomic E-state index is 3.72. The van der Waals surface area contributed by atoms with Gasteiger partial charge in [-0.1, -0.05) is 82.8 Å². The molecule has 0 unspecified atom stereocenters. The molecular weight excluding hydrogens is 364 g/mol. The van der Waals surface area contributed by atoms with Gasteiger partial charge in [0.25, 0.3) is 3.93 Å². The Kier molecular flexibility index (Phi) is 3.76. The number of hydrogen-bond donors (Lipinski definition) is 0. The number of rotatable bonds is 2. The molecule has 0 bridgehead atoms. The van der Waals surface area contributed by atoms with Gasteiger partial charge in [0, 0.05) is 0 Å². The van der Waals surface area contributed by atoms with E-state index in [0.717, 1.165) is 5.56 Å². The van der Waals surface area contributed by atoms with Crippen LogP contribution in [-0.4, -0.2) is 3.93 Å². The van der Waals surface area contributed by atoms with Crippen molar-refractivity contribution in [1.82, 2.24) is 0 Å². The molecule has 0 nitrogen and oxygen atoms in total. The highest BCUT2D eigenvalue weighted by Crippen LogP contribution is 2.26. The quantitative estimate of drug-likeness (QED) is 0.550. The Morgan fingerprint density at radius 1 is 1.25 bits per heavy atom. The first-order valence-corrected chi connectivity index (χ1v) is 12.1. The zero-order valence-corrected chi connectivity index (χ0v) is 12.0. The largest absolute Gasteiger partial charge is 0.297 e. The smallest absolute Gasteiger partial charge is 0.0985 e. The molecule has 4 heteroatoms. The van der Waals surface area contributed by atoms with E-state index in [4.69, 9.17) is 0 Å². The molecule has 1 aromatic rings. The van der Waals surface area contributed by atoms with Crippen molar-refractivity contribution in [3.8, 4) is 0 Å². The Morgan fingerprint density at radius 2 is 1.92 bits per heavy atom. The molecule has 0 N–H and O–H groups in total. The van der Waals surface area contributed by atoms with Crippen LogP contribution in [0.15, 0.2) is 30.8 Å². The van der Waals surface area contributed by atoms with Crippen LogP contribution >= 0.6 is 45.9 Å². The lowest BCUT2D eigenvalue weighted by molar-refractivity contribution is 1.71. The third-order valence-corrected chi connectivity index (χ3v) is 6.54. The highest BCUT2D eigenvalue weighted by Gasteiger charge is 2.24. The van der Waals surface area contributed by atoms with Gasteiger partial charge in [-0.25, -0.2) is 0 Å². The van der Waals surface area contributed by atoms with E-state index in [1.807, 2.05) is 18.2 Å². The molecule has 1 rings (SSSR count). The van der Waals surface area contributed by atoms with Crippen LogP contribution in [0.25, 0.3) is 6.08 Å². The summed E-state index contributed by atoms with van der Waals surface area (Å²) in [5, 5.41) is 1.25. The van der Waals surface area contributed by atoms with Gasteiger partial charge in [0.05, 0.1) is 0 Å². The van der Waals surface area contributed by atoms with Crippen LogP contribution in [-0.2, 0) is 0 Å². The lowest BCUT2D eigenvalue weighted by Gasteiger charge is -2.09. The normalized spacial score (nSPS) is 11.2. The molecule has 0 fully saturated rings. The van der Waals surface area contributed by atoms with Gasteiger partial charge in [0.1, 0.15) is 0 Å². The van der Waals surface area contributed by atoms with Crippen LogP contribution in [0.2, 0.25) is 0 Å². The molecule has 0 heterocycles. The molecule has 0 spiro atoms. The molecule has 0 saturated heterocycles. The minimum absolute atomic E-state index is 1.14. The molecule has 64 valence electrons. The minimum Gasteiger partial charge on any atom is -0.0985 e. The molecule has 12 heavy (non-hydrogen) atoms. The van der Waals surface area contributed by atoms with E-state index in [1.54, 1.807) is 0 Å². The third-order valence-electron chi connectivity index (χ3n) is 1.45. The molecule has 0 atom stereocenters. The monoisotopic (exact) mass is 368 g/mol. The fraction of sp³-hybridized carbons (Fsp3) is 0. The molecule has 0 aliphatic carbocycles. The van der Waals surface area contributed by atoms with Crippen LogP contribution in [0.4, 0.5) is 0 Å². The first-order valence-electron chi connectivity index (χ1n) is 3.34. The predicted octanol–water partition coefficient (Wildman–Crippen LogP) is 3.66. The molecule has 0 saturated carbocycles. The average Bonchev–Trinajstić information content (AvgIpc) is 2.03. The van der Waals surface area contributed by atoms with Crippen molar-refractivity contribution < 1.29 is 0 Å². The third kappa shape index (κ3) is 2.83. The number of halogens is 3. The maximum Gasteiger partial charge on any atom is 0.297 e. The Balaban J connectivity index is 3.10. The molecule has 0 aromatic heterocycles. The summed E-state index contributed by atoms with van der Waals surface area (Å²) in [7, 11) is 0. The zero-order valence-electron chi connectivity index (χ0n) is 6.23. The van der Waals surface area contributed by atoms with Crippen molar-refractivity contribution in [3.63, 3.8) is 0 Å². The number of hydrogen-bond acceptors (Lipinski definition) is 0. The second kappa shape index (κ2) is 4.22. The first kappa shape index (κ1) is 10.7. The van der Waals surface area contributed by atoms with E-state index in [1.165, 1.54) is 5.19 Å². The zero-order chi connectivity index (χ0) is 9.19. The summed E-state index contributed by atoms with van der Waals surface area (Å²) >= 11 is 10.8. The summed E-state index contributed by atoms with van der Waals surface area (Å²) in [6, 6.07) is 8.25. The predicted molar refractivity (Wildman–Crippen MR) is 68.7 cm³/mol. The van der Waals surface area contributed by atoms with Gasteiger partial charge < -0.3 is 0 Å². The van der Waals surface area contributed by atoms with E-state index in [-0.39, 0.29) is 0 Å². The fourth-order valence-corrected chi connectivity index (χ4v) is 3.68. The van der Waals surface area contributed by atoms with Gasteiger partial charge in [-0.3, -0.25) is 0 Å². The van der Waals surface area contributed by atoms with Crippen LogP contribution in [0, 0.1) is 0 Å². The van der Waals surface area contributed by atoms with E-state index in [2.05, 4.69) is 64.6 Å². The average molecular weight is 371 g/mol. The van der Waals surface area contributed by atoms with Crippen molar-refractivity contribution in [1.29, 1.82) is 0 Å². The maximum absolute atomic E-state index is 3.72. The molecule has 1 aromatic carbocycles. The summed E-state index contributed by atoms with van der Waals surface area (Å²) in [5.41, 5.74) is 1.14. The SMILES string of the molecule is C=Cc1cccc([Si](Br)(Br)Br)c1. The van der Waals surface area contributed by atoms with Crippen LogP contribution in [0.5, 0.6) is 0 Å². The molecule has 0 aliphatic heterocycles. The van der Waals surface area contributed by atoms with Crippen molar-refractivity contribution in [3.05, 3.63) is 36.4 Å². The van der Waals surface area contributed by atoms with Gasteiger partial charge in [0.2, 0.25) is 0 Å². The number of benzene rings is 1. The van der Waals surface area contributed by atoms with Crippen LogP contribution in [0.3, 0.4) is 0 Å². The van der Waals surface area contributed by atoms with E-state index in [9.17, 15) is 0 Å². The topological polar surface area (TPSA) is 0 Å². The lowest BCUT2D eigenvalue weighted by Crippen LogP contribution is -2.27. The van der Waals surface area contributed by atoms with E-state index in [0.29, 0.717) is 0 Å². The summed E-state index contributed by atoms with van der Waals surface area (Å²) < 4.78 is -1.69. The Hall–Kier alpha value is 0.617. The van der Waals surface area contributed by atoms with Gasteiger partial charge in [-0.2, -0.15) is 0 Å². The Labute approximate surface area is 96.8 Å². The molecule has 0 radical (unpaired) electrons. The summed E-state index contributed by atoms with van der Waals surface area (Å²) in [5.74, 6) is 0. The highest BCUT2D eigenvalue weighted by molar-refractivity contribution is 9.72. The van der Waals surface area contributed by atoms with Gasteiger partial charge in [-0.15, -0.1) is 0 Å². The summed E-state index contributed by atoms with van der Waals surface area (Å²) in [6.45, 7) is 3.72. The highest BCUT2D eigenvalue weighted by atomic mass is 80.0. The van der Waals surface area contributed by atoms with Crippen molar-refractivity contribution in [2.75, 3.05) is 0 Å². The van der Waals surface area contributed by atoms with Crippen molar-refractivity contribution in [2.45, 2.75) is 0 Å². The minimum atomic E-state index is -1.69. The standard InChI is InChI=1S/C8H7Br3Si/c1-2-7-4-3-5-8(6-7)12(9,10)11/h2-6H,1H2. The van der Waals surface area contributed by atoms with Gasteiger partial charge in [0.15, 0.2) is 0 Å². The van der Waals surface area contributed by atoms with Crippen LogP contribution in [0.1, 0.15) is 5.56 Å². The first-order chi connectivity index (χ1) is 5.54. The van der Waals surface area contributed by atoms with E-state index < -0.39 is 3.93 Å². The van der Waals surface area contributed by atoms with Crippen LogP contribution < -0.4 is 5.19 Å². The summed E-state index contributed by atoms with van der Waals surface area (Å²) in [4.78, 5) is 0. The van der Waals surface area contributed by atoms with Gasteiger partial charge in [-0.05, 0) is 10.8 Å². The molecule has 0 amide bonds. The van der Waals surface area contributed by atoms with Gasteiger partial charge >= 0.3 is 0 Å². The Bertz CT molecular complexity index is 291.